The van der Waals surface area contributed by atoms with E-state index in [9.17, 15) is 13.9 Å². The molecule has 3 N–H and O–H groups in total. The van der Waals surface area contributed by atoms with E-state index in [0.29, 0.717) is 25.9 Å². The van der Waals surface area contributed by atoms with Gasteiger partial charge >= 0.3 is 0 Å². The van der Waals surface area contributed by atoms with Gasteiger partial charge in [-0.3, -0.25) is 4.90 Å². The first-order valence-electron chi connectivity index (χ1n) is 16.5. The van der Waals surface area contributed by atoms with Crippen molar-refractivity contribution in [2.24, 2.45) is 5.73 Å². The summed E-state index contributed by atoms with van der Waals surface area (Å²) in [5, 5.41) is 10.4. The third-order valence-corrected chi connectivity index (χ3v) is 10.6. The second kappa shape index (κ2) is 14.7. The van der Waals surface area contributed by atoms with Crippen molar-refractivity contribution in [2.75, 3.05) is 26.0 Å². The lowest BCUT2D eigenvalue weighted by atomic mass is 9.92. The maximum Gasteiger partial charge on any atom is 0.129 e. The quantitative estimate of drug-likeness (QED) is 0.269. The van der Waals surface area contributed by atoms with Crippen LogP contribution in [0, 0.1) is 18.6 Å². The summed E-state index contributed by atoms with van der Waals surface area (Å²) in [7, 11) is 0. The van der Waals surface area contributed by atoms with Crippen molar-refractivity contribution >= 4 is 11.8 Å². The van der Waals surface area contributed by atoms with Crippen molar-refractivity contribution < 1.29 is 28.1 Å². The molecule has 0 bridgehead atoms. The van der Waals surface area contributed by atoms with Crippen LogP contribution in [0.15, 0.2) is 54.6 Å². The fraction of sp³-hybridized carbons (Fsp3) is 0.514. The van der Waals surface area contributed by atoms with Crippen molar-refractivity contribution in [2.45, 2.75) is 94.3 Å². The van der Waals surface area contributed by atoms with Crippen LogP contribution in [-0.2, 0) is 22.3 Å². The Bertz CT molecular complexity index is 1510. The summed E-state index contributed by atoms with van der Waals surface area (Å²) in [6.45, 7) is 6.34. The summed E-state index contributed by atoms with van der Waals surface area (Å²) in [6, 6.07) is 16.2. The van der Waals surface area contributed by atoms with Crippen molar-refractivity contribution in [1.29, 1.82) is 0 Å². The molecule has 3 saturated heterocycles. The minimum Gasteiger partial charge on any atom is -0.489 e. The van der Waals surface area contributed by atoms with Gasteiger partial charge in [-0.15, -0.1) is 11.8 Å². The zero-order chi connectivity index (χ0) is 32.4. The van der Waals surface area contributed by atoms with Gasteiger partial charge < -0.3 is 25.1 Å². The van der Waals surface area contributed by atoms with Gasteiger partial charge in [0, 0.05) is 43.6 Å². The first-order valence-corrected chi connectivity index (χ1v) is 17.8. The maximum atomic E-state index is 14.4. The van der Waals surface area contributed by atoms with Crippen LogP contribution in [0.2, 0.25) is 0 Å². The third kappa shape index (κ3) is 7.61. The Morgan fingerprint density at radius 1 is 1.04 bits per heavy atom. The van der Waals surface area contributed by atoms with Gasteiger partial charge in [0.2, 0.25) is 0 Å². The number of thioether (sulfide) groups is 1. The minimum absolute atomic E-state index is 0.0174. The van der Waals surface area contributed by atoms with Crippen LogP contribution in [0.25, 0.3) is 0 Å². The summed E-state index contributed by atoms with van der Waals surface area (Å²) in [4.78, 5) is 2.35. The highest BCUT2D eigenvalue weighted by Crippen LogP contribution is 2.37. The highest BCUT2D eigenvalue weighted by molar-refractivity contribution is 7.99. The number of aliphatic hydroxyl groups excluding tert-OH is 1. The number of hydrogen-bond acceptors (Lipinski definition) is 7. The Morgan fingerprint density at radius 2 is 1.89 bits per heavy atom. The molecule has 6 nitrogen and oxygen atoms in total. The maximum absolute atomic E-state index is 14.4. The lowest BCUT2D eigenvalue weighted by Gasteiger charge is -2.38. The Morgan fingerprint density at radius 3 is 2.65 bits per heavy atom. The van der Waals surface area contributed by atoms with E-state index in [1.807, 2.05) is 6.26 Å². The van der Waals surface area contributed by atoms with Crippen LogP contribution in [0.4, 0.5) is 8.78 Å². The number of aryl methyl sites for hydroxylation is 2. The van der Waals surface area contributed by atoms with E-state index in [1.54, 1.807) is 11.8 Å². The zero-order valence-corrected chi connectivity index (χ0v) is 27.8. The molecule has 0 aliphatic carbocycles. The lowest BCUT2D eigenvalue weighted by molar-refractivity contribution is -0.0605. The van der Waals surface area contributed by atoms with E-state index in [1.165, 1.54) is 22.8 Å². The van der Waals surface area contributed by atoms with Gasteiger partial charge in [0.1, 0.15) is 35.0 Å². The smallest absolute Gasteiger partial charge is 0.129 e. The van der Waals surface area contributed by atoms with E-state index in [2.05, 4.69) is 55.1 Å². The summed E-state index contributed by atoms with van der Waals surface area (Å²) >= 11 is 1.65. The van der Waals surface area contributed by atoms with E-state index < -0.39 is 23.8 Å². The number of aliphatic hydroxyl groups is 1. The standard InChI is InChI=1S/C37H46F2N2O4S/c1-4-24-6-7-25(35-18-29(42)19-36(45-35)46-3)15-26(24)14-23-5-10-34(22(2)13-23)44-30-11-12-41(20-30)28-17-33(40)37(43-21-28)31-16-27(38)8-9-32(31)39/h5-10,13,15-16,28-30,33,35-37,42H,4,11-12,14,17-21,40H2,1-3H3. The van der Waals surface area contributed by atoms with Crippen molar-refractivity contribution in [3.8, 4) is 5.75 Å². The molecule has 3 aliphatic heterocycles. The minimum atomic E-state index is -0.653. The summed E-state index contributed by atoms with van der Waals surface area (Å²) < 4.78 is 46.9. The van der Waals surface area contributed by atoms with Crippen LogP contribution in [0.3, 0.4) is 0 Å². The number of ether oxygens (including phenoxy) is 3. The van der Waals surface area contributed by atoms with Gasteiger partial charge in [-0.2, -0.15) is 0 Å². The average Bonchev–Trinajstić information content (AvgIpc) is 3.52. The SMILES string of the molecule is CCc1ccc(C2CC(O)CC(SC)O2)cc1Cc1ccc(OC2CCN(C3COC(c4cc(F)ccc4F)C(N)C3)C2)c(C)c1. The highest BCUT2D eigenvalue weighted by Gasteiger charge is 2.37. The van der Waals surface area contributed by atoms with Gasteiger partial charge in [0.15, 0.2) is 0 Å². The Balaban J connectivity index is 1.06. The molecule has 9 heteroatoms. The topological polar surface area (TPSA) is 77.2 Å². The van der Waals surface area contributed by atoms with Crippen LogP contribution in [-0.4, -0.2) is 65.7 Å². The first kappa shape index (κ1) is 33.4. The van der Waals surface area contributed by atoms with E-state index >= 15 is 0 Å². The predicted molar refractivity (Wildman–Crippen MR) is 178 cm³/mol. The second-order valence-electron chi connectivity index (χ2n) is 13.1. The molecule has 0 aromatic heterocycles. The molecule has 3 heterocycles. The molecule has 0 radical (unpaired) electrons. The molecule has 6 rings (SSSR count). The number of nitrogens with zero attached hydrogens (tertiary/aromatic N) is 1. The van der Waals surface area contributed by atoms with Crippen LogP contribution >= 0.6 is 11.8 Å². The molecule has 3 aromatic carbocycles. The summed E-state index contributed by atoms with van der Waals surface area (Å²) in [5.41, 5.74) is 12.7. The molecule has 0 spiro atoms. The van der Waals surface area contributed by atoms with Gasteiger partial charge in [0.05, 0.1) is 18.8 Å². The molecule has 3 aromatic rings. The van der Waals surface area contributed by atoms with Crippen LogP contribution in [0.1, 0.15) is 78.2 Å². The Labute approximate surface area is 275 Å². The molecule has 7 unspecified atom stereocenters. The normalized spacial score (nSPS) is 28.8. The first-order chi connectivity index (χ1) is 22.2. The summed E-state index contributed by atoms with van der Waals surface area (Å²) in [6.07, 6.45) is 5.61. The molecule has 0 amide bonds. The van der Waals surface area contributed by atoms with Crippen molar-refractivity contribution in [1.82, 2.24) is 4.90 Å². The number of likely N-dealkylation sites (tertiary alicyclic amines) is 1. The van der Waals surface area contributed by atoms with Crippen LogP contribution < -0.4 is 10.5 Å². The Hall–Kier alpha value is -2.53. The van der Waals surface area contributed by atoms with Gasteiger partial charge in [-0.05, 0) is 90.9 Å². The number of hydrogen-bond donors (Lipinski definition) is 2. The number of benzene rings is 3. The largest absolute Gasteiger partial charge is 0.489 e. The molecular weight excluding hydrogens is 606 g/mol. The van der Waals surface area contributed by atoms with Crippen LogP contribution in [0.5, 0.6) is 5.75 Å². The molecular formula is C37H46F2N2O4S. The zero-order valence-electron chi connectivity index (χ0n) is 27.0. The monoisotopic (exact) mass is 652 g/mol. The number of rotatable bonds is 9. The predicted octanol–water partition coefficient (Wildman–Crippen LogP) is 6.64. The van der Waals surface area contributed by atoms with Crippen molar-refractivity contribution in [3.63, 3.8) is 0 Å². The molecule has 0 saturated carbocycles. The van der Waals surface area contributed by atoms with Gasteiger partial charge in [0.25, 0.3) is 0 Å². The summed E-state index contributed by atoms with van der Waals surface area (Å²) in [5.74, 6) is -0.0893. The Kier molecular flexibility index (Phi) is 10.7. The van der Waals surface area contributed by atoms with Gasteiger partial charge in [-0.1, -0.05) is 37.3 Å². The third-order valence-electron chi connectivity index (χ3n) is 9.80. The van der Waals surface area contributed by atoms with E-state index in [4.69, 9.17) is 19.9 Å². The molecule has 3 aliphatic rings. The highest BCUT2D eigenvalue weighted by atomic mass is 32.2. The average molecular weight is 653 g/mol. The number of nitrogens with two attached hydrogens (primary N) is 1. The fourth-order valence-electron chi connectivity index (χ4n) is 7.27. The van der Waals surface area contributed by atoms with E-state index in [-0.39, 0.29) is 35.4 Å². The molecule has 46 heavy (non-hydrogen) atoms. The molecule has 248 valence electrons. The lowest BCUT2D eigenvalue weighted by Crippen LogP contribution is -2.49. The molecule has 3 fully saturated rings. The number of halogens is 2. The van der Waals surface area contributed by atoms with Crippen molar-refractivity contribution in [3.05, 3.63) is 99.6 Å². The fourth-order valence-corrected chi connectivity index (χ4v) is 7.93. The van der Waals surface area contributed by atoms with Gasteiger partial charge in [-0.25, -0.2) is 8.78 Å². The van der Waals surface area contributed by atoms with E-state index in [0.717, 1.165) is 61.4 Å². The molecule has 7 atom stereocenters. The second-order valence-corrected chi connectivity index (χ2v) is 14.1.